The van der Waals surface area contributed by atoms with Gasteiger partial charge >= 0.3 is 5.97 Å². The molecule has 0 unspecified atom stereocenters. The molecule has 1 heterocycles. The first kappa shape index (κ1) is 19.4. The lowest BCUT2D eigenvalue weighted by Crippen LogP contribution is -2.51. The molecule has 6 heteroatoms. The van der Waals surface area contributed by atoms with E-state index in [2.05, 4.69) is 21.1 Å². The second-order valence-corrected chi connectivity index (χ2v) is 7.65. The van der Waals surface area contributed by atoms with Crippen LogP contribution in [0.2, 0.25) is 0 Å². The average Bonchev–Trinajstić information content (AvgIpc) is 2.54. The molecule has 1 saturated heterocycles. The van der Waals surface area contributed by atoms with Crippen LogP contribution in [0, 0.1) is 5.92 Å². The standard InChI is InChI=1S/C19H28N2O4/c1-21(2,3)17-9-11-20(12-10-17)25-18(22)14-16(19(23)24)13-15-7-5-4-6-8-15/h4-8,16-17H,9-14H2,1-3H3/t16-/m1/s1. The molecule has 1 aliphatic rings. The lowest BCUT2D eigenvalue weighted by atomic mass is 9.96. The molecule has 1 aliphatic heterocycles. The van der Waals surface area contributed by atoms with Gasteiger partial charge in [0.2, 0.25) is 0 Å². The molecule has 0 saturated carbocycles. The molecule has 1 aromatic rings. The second-order valence-electron chi connectivity index (χ2n) is 7.65. The van der Waals surface area contributed by atoms with Crippen molar-refractivity contribution in [1.82, 2.24) is 5.06 Å². The number of hydroxylamine groups is 2. The van der Waals surface area contributed by atoms with Gasteiger partial charge in [0.15, 0.2) is 0 Å². The highest BCUT2D eigenvalue weighted by Gasteiger charge is 2.30. The third kappa shape index (κ3) is 6.14. The summed E-state index contributed by atoms with van der Waals surface area (Å²) in [6, 6.07) is 9.79. The molecule has 0 radical (unpaired) electrons. The van der Waals surface area contributed by atoms with Gasteiger partial charge in [-0.2, -0.15) is 0 Å². The van der Waals surface area contributed by atoms with Gasteiger partial charge in [0.05, 0.1) is 33.6 Å². The first-order valence-corrected chi connectivity index (χ1v) is 8.77. The molecule has 138 valence electrons. The fourth-order valence-corrected chi connectivity index (χ4v) is 3.23. The van der Waals surface area contributed by atoms with E-state index in [0.717, 1.165) is 22.9 Å². The van der Waals surface area contributed by atoms with Crippen molar-refractivity contribution >= 4 is 11.9 Å². The van der Waals surface area contributed by atoms with Crippen molar-refractivity contribution in [2.75, 3.05) is 34.2 Å². The van der Waals surface area contributed by atoms with Gasteiger partial charge in [-0.25, -0.2) is 0 Å². The quantitative estimate of drug-likeness (QED) is 0.676. The number of carbonyl (C=O) groups excluding carboxylic acids is 2. The molecule has 0 bridgehead atoms. The number of nitrogens with zero attached hydrogens (tertiary/aromatic N) is 2. The summed E-state index contributed by atoms with van der Waals surface area (Å²) in [7, 11) is 6.50. The molecule has 0 amide bonds. The van der Waals surface area contributed by atoms with Crippen LogP contribution in [0.1, 0.15) is 24.8 Å². The molecule has 0 aliphatic carbocycles. The van der Waals surface area contributed by atoms with Crippen molar-refractivity contribution in [2.45, 2.75) is 31.7 Å². The number of piperidine rings is 1. The maximum atomic E-state index is 12.1. The normalized spacial score (nSPS) is 17.9. The Bertz CT molecular complexity index is 575. The number of aliphatic carboxylic acids is 1. The summed E-state index contributed by atoms with van der Waals surface area (Å²) in [5.74, 6) is -2.60. The van der Waals surface area contributed by atoms with E-state index in [1.54, 1.807) is 5.06 Å². The van der Waals surface area contributed by atoms with E-state index in [9.17, 15) is 14.7 Å². The lowest BCUT2D eigenvalue weighted by Gasteiger charge is -2.39. The Labute approximate surface area is 149 Å². The van der Waals surface area contributed by atoms with Gasteiger partial charge in [-0.05, 0) is 12.0 Å². The van der Waals surface area contributed by atoms with Crippen LogP contribution < -0.4 is 5.11 Å². The summed E-state index contributed by atoms with van der Waals surface area (Å²) in [6.07, 6.45) is 1.99. The van der Waals surface area contributed by atoms with Gasteiger partial charge in [-0.1, -0.05) is 30.3 Å². The smallest absolute Gasteiger partial charge is 0.325 e. The molecule has 0 spiro atoms. The number of rotatable bonds is 7. The fraction of sp³-hybridized carbons (Fsp3) is 0.579. The summed E-state index contributed by atoms with van der Waals surface area (Å²) in [6.45, 7) is 1.36. The average molecular weight is 348 g/mol. The number of carboxylic acids is 1. The Morgan fingerprint density at radius 2 is 1.80 bits per heavy atom. The monoisotopic (exact) mass is 348 g/mol. The Morgan fingerprint density at radius 1 is 1.20 bits per heavy atom. The zero-order valence-electron chi connectivity index (χ0n) is 15.3. The molecule has 0 aromatic heterocycles. The Morgan fingerprint density at radius 3 is 2.32 bits per heavy atom. The van der Waals surface area contributed by atoms with E-state index in [1.165, 1.54) is 0 Å². The van der Waals surface area contributed by atoms with Crippen LogP contribution in [0.3, 0.4) is 0 Å². The number of hydrogen-bond acceptors (Lipinski definition) is 5. The maximum absolute atomic E-state index is 12.1. The predicted molar refractivity (Wildman–Crippen MR) is 92.0 cm³/mol. The van der Waals surface area contributed by atoms with Gasteiger partial charge in [-0.3, -0.25) is 4.79 Å². The van der Waals surface area contributed by atoms with Crippen LogP contribution in [0.5, 0.6) is 0 Å². The Kier molecular flexibility index (Phi) is 6.56. The van der Waals surface area contributed by atoms with Crippen LogP contribution >= 0.6 is 0 Å². The highest BCUT2D eigenvalue weighted by molar-refractivity contribution is 5.77. The SMILES string of the molecule is C[N+](C)(C)C1CCN(OC(=O)C[C@@H](Cc2ccccc2)C(=O)[O-])CC1. The van der Waals surface area contributed by atoms with Gasteiger partial charge < -0.3 is 19.2 Å². The third-order valence-electron chi connectivity index (χ3n) is 4.82. The molecule has 25 heavy (non-hydrogen) atoms. The van der Waals surface area contributed by atoms with Crippen LogP contribution in [0.15, 0.2) is 30.3 Å². The highest BCUT2D eigenvalue weighted by Crippen LogP contribution is 2.20. The molecule has 1 atom stereocenters. The zero-order chi connectivity index (χ0) is 18.4. The highest BCUT2D eigenvalue weighted by atomic mass is 16.7. The van der Waals surface area contributed by atoms with Crippen molar-refractivity contribution in [3.05, 3.63) is 35.9 Å². The van der Waals surface area contributed by atoms with E-state index >= 15 is 0 Å². The summed E-state index contributed by atoms with van der Waals surface area (Å²) in [5.41, 5.74) is 0.869. The van der Waals surface area contributed by atoms with E-state index < -0.39 is 17.9 Å². The van der Waals surface area contributed by atoms with Crippen molar-refractivity contribution < 1.29 is 24.0 Å². The molecule has 6 nitrogen and oxygen atoms in total. The largest absolute Gasteiger partial charge is 0.550 e. The molecular formula is C19H28N2O4. The zero-order valence-corrected chi connectivity index (χ0v) is 15.3. The van der Waals surface area contributed by atoms with E-state index in [4.69, 9.17) is 4.84 Å². The molecule has 2 rings (SSSR count). The fourth-order valence-electron chi connectivity index (χ4n) is 3.23. The van der Waals surface area contributed by atoms with Crippen LogP contribution in [0.25, 0.3) is 0 Å². The van der Waals surface area contributed by atoms with Crippen molar-refractivity contribution in [3.8, 4) is 0 Å². The van der Waals surface area contributed by atoms with Gasteiger partial charge in [-0.15, -0.1) is 5.06 Å². The summed E-state index contributed by atoms with van der Waals surface area (Å²) >= 11 is 0. The first-order chi connectivity index (χ1) is 11.8. The lowest BCUT2D eigenvalue weighted by molar-refractivity contribution is -0.897. The number of carboxylic acid groups (broad SMARTS) is 1. The minimum Gasteiger partial charge on any atom is -0.550 e. The summed E-state index contributed by atoms with van der Waals surface area (Å²) in [5, 5.41) is 13.0. The molecule has 0 N–H and O–H groups in total. The van der Waals surface area contributed by atoms with Gasteiger partial charge in [0.25, 0.3) is 0 Å². The van der Waals surface area contributed by atoms with E-state index in [1.807, 2.05) is 30.3 Å². The number of hydrogen-bond donors (Lipinski definition) is 0. The van der Waals surface area contributed by atoms with Crippen molar-refractivity contribution in [3.63, 3.8) is 0 Å². The van der Waals surface area contributed by atoms with Crippen LogP contribution in [0.4, 0.5) is 0 Å². The number of quaternary nitrogens is 1. The van der Waals surface area contributed by atoms with E-state index in [0.29, 0.717) is 19.1 Å². The topological polar surface area (TPSA) is 69.7 Å². The molecule has 1 fully saturated rings. The van der Waals surface area contributed by atoms with Crippen molar-refractivity contribution in [2.24, 2.45) is 5.92 Å². The van der Waals surface area contributed by atoms with Crippen molar-refractivity contribution in [1.29, 1.82) is 0 Å². The van der Waals surface area contributed by atoms with Crippen LogP contribution in [-0.4, -0.2) is 61.8 Å². The van der Waals surface area contributed by atoms with Gasteiger partial charge in [0, 0.05) is 37.8 Å². The predicted octanol–water partition coefficient (Wildman–Crippen LogP) is 0.614. The van der Waals surface area contributed by atoms with E-state index in [-0.39, 0.29) is 12.8 Å². The molecular weight excluding hydrogens is 320 g/mol. The van der Waals surface area contributed by atoms with Crippen LogP contribution in [-0.2, 0) is 20.8 Å². The first-order valence-electron chi connectivity index (χ1n) is 8.77. The maximum Gasteiger partial charge on any atom is 0.325 e. The minimum absolute atomic E-state index is 0.174. The summed E-state index contributed by atoms with van der Waals surface area (Å²) in [4.78, 5) is 28.9. The van der Waals surface area contributed by atoms with Gasteiger partial charge in [0.1, 0.15) is 0 Å². The minimum atomic E-state index is -1.22. The summed E-state index contributed by atoms with van der Waals surface area (Å²) < 4.78 is 0.894. The number of carbonyl (C=O) groups is 2. The Balaban J connectivity index is 1.83. The third-order valence-corrected chi connectivity index (χ3v) is 4.82. The number of benzene rings is 1. The second kappa shape index (κ2) is 8.45. The molecule has 1 aromatic carbocycles. The Hall–Kier alpha value is -1.92.